The average Bonchev–Trinajstić information content (AvgIpc) is 2.58. The molecule has 1 fully saturated rings. The van der Waals surface area contributed by atoms with Crippen molar-refractivity contribution in [2.75, 3.05) is 23.3 Å². The maximum Gasteiger partial charge on any atom is 0.255 e. The van der Waals surface area contributed by atoms with Gasteiger partial charge >= 0.3 is 0 Å². The standard InChI is InChI=1S/C17H18ClN3O/c18-15-5-4-14(21-10-2-1-3-11-21)12-16(15)20-17(22)13-6-8-19-9-7-13/h4-9,12H,1-3,10-11H2,(H,20,22). The number of rotatable bonds is 3. The first-order valence-corrected chi connectivity index (χ1v) is 7.88. The lowest BCUT2D eigenvalue weighted by Gasteiger charge is -2.29. The van der Waals surface area contributed by atoms with E-state index in [1.807, 2.05) is 18.2 Å². The molecule has 2 heterocycles. The number of benzene rings is 1. The Kier molecular flexibility index (Phi) is 4.59. The summed E-state index contributed by atoms with van der Waals surface area (Å²) >= 11 is 6.22. The van der Waals surface area contributed by atoms with Gasteiger partial charge in [0.1, 0.15) is 0 Å². The van der Waals surface area contributed by atoms with Gasteiger partial charge in [-0.25, -0.2) is 0 Å². The topological polar surface area (TPSA) is 45.2 Å². The van der Waals surface area contributed by atoms with E-state index in [0.717, 1.165) is 18.8 Å². The summed E-state index contributed by atoms with van der Waals surface area (Å²) in [4.78, 5) is 18.5. The number of carbonyl (C=O) groups excluding carboxylic acids is 1. The number of halogens is 1. The van der Waals surface area contributed by atoms with E-state index in [4.69, 9.17) is 11.6 Å². The number of amides is 1. The number of aromatic nitrogens is 1. The average molecular weight is 316 g/mol. The van der Waals surface area contributed by atoms with Gasteiger partial charge < -0.3 is 10.2 Å². The molecule has 22 heavy (non-hydrogen) atoms. The summed E-state index contributed by atoms with van der Waals surface area (Å²) < 4.78 is 0. The molecule has 1 aromatic heterocycles. The van der Waals surface area contributed by atoms with E-state index >= 15 is 0 Å². The van der Waals surface area contributed by atoms with Crippen molar-refractivity contribution in [1.29, 1.82) is 0 Å². The van der Waals surface area contributed by atoms with Crippen LogP contribution in [0.5, 0.6) is 0 Å². The monoisotopic (exact) mass is 315 g/mol. The minimum Gasteiger partial charge on any atom is -0.371 e. The zero-order valence-corrected chi connectivity index (χ0v) is 13.0. The van der Waals surface area contributed by atoms with Crippen LogP contribution in [0.25, 0.3) is 0 Å². The Labute approximate surface area is 135 Å². The number of pyridine rings is 1. The second-order valence-corrected chi connectivity index (χ2v) is 5.81. The summed E-state index contributed by atoms with van der Waals surface area (Å²) in [5.41, 5.74) is 2.31. The highest BCUT2D eigenvalue weighted by atomic mass is 35.5. The molecule has 2 aromatic rings. The third kappa shape index (κ3) is 3.39. The van der Waals surface area contributed by atoms with Crippen LogP contribution >= 0.6 is 11.6 Å². The number of hydrogen-bond donors (Lipinski definition) is 1. The molecule has 1 amide bonds. The molecule has 0 aliphatic carbocycles. The predicted octanol–water partition coefficient (Wildman–Crippen LogP) is 3.98. The lowest BCUT2D eigenvalue weighted by atomic mass is 10.1. The van der Waals surface area contributed by atoms with Crippen molar-refractivity contribution >= 4 is 28.9 Å². The van der Waals surface area contributed by atoms with E-state index in [1.165, 1.54) is 19.3 Å². The third-order valence-corrected chi connectivity index (χ3v) is 4.19. The number of nitrogens with zero attached hydrogens (tertiary/aromatic N) is 2. The second kappa shape index (κ2) is 6.79. The number of piperidine rings is 1. The highest BCUT2D eigenvalue weighted by molar-refractivity contribution is 6.34. The largest absolute Gasteiger partial charge is 0.371 e. The molecule has 1 saturated heterocycles. The molecule has 0 bridgehead atoms. The SMILES string of the molecule is O=C(Nc1cc(N2CCCCC2)ccc1Cl)c1ccncc1. The molecule has 3 rings (SSSR count). The predicted molar refractivity (Wildman–Crippen MR) is 89.7 cm³/mol. The van der Waals surface area contributed by atoms with Gasteiger partial charge in [-0.1, -0.05) is 11.6 Å². The smallest absolute Gasteiger partial charge is 0.255 e. The minimum absolute atomic E-state index is 0.180. The zero-order chi connectivity index (χ0) is 15.4. The second-order valence-electron chi connectivity index (χ2n) is 5.40. The van der Waals surface area contributed by atoms with Crippen LogP contribution in [0.3, 0.4) is 0 Å². The zero-order valence-electron chi connectivity index (χ0n) is 12.3. The maximum absolute atomic E-state index is 12.2. The lowest BCUT2D eigenvalue weighted by molar-refractivity contribution is 0.102. The Morgan fingerprint density at radius 1 is 1.09 bits per heavy atom. The molecule has 0 spiro atoms. The van der Waals surface area contributed by atoms with Crippen molar-refractivity contribution in [1.82, 2.24) is 4.98 Å². The molecule has 114 valence electrons. The van der Waals surface area contributed by atoms with Crippen molar-refractivity contribution in [3.05, 3.63) is 53.3 Å². The molecule has 1 N–H and O–H groups in total. The van der Waals surface area contributed by atoms with Crippen LogP contribution in [0.4, 0.5) is 11.4 Å². The van der Waals surface area contributed by atoms with E-state index in [-0.39, 0.29) is 5.91 Å². The van der Waals surface area contributed by atoms with Crippen LogP contribution in [0.1, 0.15) is 29.6 Å². The Balaban J connectivity index is 1.79. The quantitative estimate of drug-likeness (QED) is 0.932. The first kappa shape index (κ1) is 14.9. The fraction of sp³-hybridized carbons (Fsp3) is 0.294. The molecule has 1 aromatic carbocycles. The van der Waals surface area contributed by atoms with Crippen molar-refractivity contribution in [3.8, 4) is 0 Å². The van der Waals surface area contributed by atoms with E-state index in [2.05, 4.69) is 15.2 Å². The van der Waals surface area contributed by atoms with Gasteiger partial charge in [0.05, 0.1) is 10.7 Å². The van der Waals surface area contributed by atoms with Gasteiger partial charge in [0.2, 0.25) is 0 Å². The Morgan fingerprint density at radius 2 is 1.82 bits per heavy atom. The summed E-state index contributed by atoms with van der Waals surface area (Å²) in [6.45, 7) is 2.11. The Hall–Kier alpha value is -2.07. The van der Waals surface area contributed by atoms with E-state index in [1.54, 1.807) is 24.5 Å². The number of carbonyl (C=O) groups is 1. The van der Waals surface area contributed by atoms with Gasteiger partial charge in [-0.3, -0.25) is 9.78 Å². The lowest BCUT2D eigenvalue weighted by Crippen LogP contribution is -2.29. The maximum atomic E-state index is 12.2. The number of nitrogens with one attached hydrogen (secondary N) is 1. The van der Waals surface area contributed by atoms with E-state index < -0.39 is 0 Å². The van der Waals surface area contributed by atoms with Gasteiger partial charge in [0.25, 0.3) is 5.91 Å². The van der Waals surface area contributed by atoms with Gasteiger partial charge in [-0.2, -0.15) is 0 Å². The van der Waals surface area contributed by atoms with Gasteiger partial charge in [-0.05, 0) is 49.6 Å². The molecule has 1 aliphatic rings. The number of hydrogen-bond acceptors (Lipinski definition) is 3. The molecular weight excluding hydrogens is 298 g/mol. The third-order valence-electron chi connectivity index (χ3n) is 3.86. The molecule has 0 unspecified atom stereocenters. The number of anilines is 2. The Bertz CT molecular complexity index is 654. The fourth-order valence-corrected chi connectivity index (χ4v) is 2.82. The van der Waals surface area contributed by atoms with Crippen LogP contribution in [-0.4, -0.2) is 24.0 Å². The van der Waals surface area contributed by atoms with Crippen molar-refractivity contribution < 1.29 is 4.79 Å². The Morgan fingerprint density at radius 3 is 2.55 bits per heavy atom. The van der Waals surface area contributed by atoms with Gasteiger partial charge in [0, 0.05) is 36.7 Å². The van der Waals surface area contributed by atoms with Crippen LogP contribution in [-0.2, 0) is 0 Å². The molecular formula is C17H18ClN3O. The summed E-state index contributed by atoms with van der Waals surface area (Å²) in [6, 6.07) is 9.16. The first-order chi connectivity index (χ1) is 10.7. The van der Waals surface area contributed by atoms with Crippen molar-refractivity contribution in [2.45, 2.75) is 19.3 Å². The normalized spacial score (nSPS) is 14.7. The van der Waals surface area contributed by atoms with Crippen LogP contribution in [0.15, 0.2) is 42.7 Å². The van der Waals surface area contributed by atoms with E-state index in [0.29, 0.717) is 16.3 Å². The molecule has 0 atom stereocenters. The summed E-state index contributed by atoms with van der Waals surface area (Å²) in [5, 5.41) is 3.43. The van der Waals surface area contributed by atoms with Crippen LogP contribution in [0, 0.1) is 0 Å². The summed E-state index contributed by atoms with van der Waals surface area (Å²) in [6.07, 6.45) is 6.90. The highest BCUT2D eigenvalue weighted by Crippen LogP contribution is 2.29. The highest BCUT2D eigenvalue weighted by Gasteiger charge is 2.14. The fourth-order valence-electron chi connectivity index (χ4n) is 2.66. The van der Waals surface area contributed by atoms with Gasteiger partial charge in [-0.15, -0.1) is 0 Å². The molecule has 1 aliphatic heterocycles. The van der Waals surface area contributed by atoms with Crippen molar-refractivity contribution in [2.24, 2.45) is 0 Å². The van der Waals surface area contributed by atoms with E-state index in [9.17, 15) is 4.79 Å². The van der Waals surface area contributed by atoms with Crippen LogP contribution < -0.4 is 10.2 Å². The van der Waals surface area contributed by atoms with Crippen molar-refractivity contribution in [3.63, 3.8) is 0 Å². The molecule has 0 saturated carbocycles. The van der Waals surface area contributed by atoms with Gasteiger partial charge in [0.15, 0.2) is 0 Å². The molecule has 0 radical (unpaired) electrons. The van der Waals surface area contributed by atoms with Crippen LogP contribution in [0.2, 0.25) is 5.02 Å². The minimum atomic E-state index is -0.180. The summed E-state index contributed by atoms with van der Waals surface area (Å²) in [5.74, 6) is -0.180. The molecule has 5 heteroatoms. The first-order valence-electron chi connectivity index (χ1n) is 7.50. The molecule has 4 nitrogen and oxygen atoms in total. The summed E-state index contributed by atoms with van der Waals surface area (Å²) in [7, 11) is 0.